The zero-order valence-electron chi connectivity index (χ0n) is 9.23. The number of hydrogen-bond donors (Lipinski definition) is 0. The zero-order valence-corrected chi connectivity index (χ0v) is 9.23. The van der Waals surface area contributed by atoms with Crippen molar-refractivity contribution in [3.63, 3.8) is 0 Å². The maximum atomic E-state index is 10.5. The Hall–Kier alpha value is -2.03. The molecule has 0 aliphatic heterocycles. The van der Waals surface area contributed by atoms with Crippen LogP contribution >= 0.6 is 0 Å². The highest BCUT2D eigenvalue weighted by atomic mass is 16.7. The lowest BCUT2D eigenvalue weighted by atomic mass is 10.2. The van der Waals surface area contributed by atoms with Crippen molar-refractivity contribution in [2.24, 2.45) is 0 Å². The molecule has 3 heteroatoms. The van der Waals surface area contributed by atoms with Gasteiger partial charge in [0.15, 0.2) is 0 Å². The largest absolute Gasteiger partial charge is 0.458 e. The summed E-state index contributed by atoms with van der Waals surface area (Å²) >= 11 is 0. The molecule has 0 heterocycles. The number of benzene rings is 1. The van der Waals surface area contributed by atoms with E-state index in [2.05, 4.69) is 17.9 Å². The Morgan fingerprint density at radius 1 is 1.38 bits per heavy atom. The van der Waals surface area contributed by atoms with Crippen molar-refractivity contribution in [2.75, 3.05) is 6.79 Å². The Balaban J connectivity index is 2.64. The Kier molecular flexibility index (Phi) is 4.33. The van der Waals surface area contributed by atoms with Crippen LogP contribution < -0.4 is 10.4 Å². The van der Waals surface area contributed by atoms with E-state index >= 15 is 0 Å². The topological polar surface area (TPSA) is 35.5 Å². The van der Waals surface area contributed by atoms with Gasteiger partial charge in [-0.15, -0.1) is 0 Å². The van der Waals surface area contributed by atoms with Gasteiger partial charge in [0.05, 0.1) is 0 Å². The molecule has 0 radical (unpaired) electrons. The van der Waals surface area contributed by atoms with E-state index in [1.165, 1.54) is 6.92 Å². The normalized spacial score (nSPS) is 10.9. The predicted molar refractivity (Wildman–Crippen MR) is 62.5 cm³/mol. The lowest BCUT2D eigenvalue weighted by Gasteiger charge is -2.04. The molecule has 0 spiro atoms. The van der Waals surface area contributed by atoms with Crippen molar-refractivity contribution in [3.05, 3.63) is 47.0 Å². The van der Waals surface area contributed by atoms with Crippen LogP contribution in [0.5, 0.6) is 0 Å². The van der Waals surface area contributed by atoms with Crippen molar-refractivity contribution < 1.29 is 14.3 Å². The summed E-state index contributed by atoms with van der Waals surface area (Å²) in [5.74, 6) is 0.0442. The first-order chi connectivity index (χ1) is 7.59. The molecule has 0 unspecified atom stereocenters. The minimum atomic E-state index is -0.384. The van der Waals surface area contributed by atoms with Crippen LogP contribution in [-0.4, -0.2) is 12.8 Å². The number of esters is 1. The number of carbonyl (C=O) groups excluding carboxylic acids is 1. The van der Waals surface area contributed by atoms with Gasteiger partial charge in [-0.1, -0.05) is 37.4 Å². The van der Waals surface area contributed by atoms with Gasteiger partial charge in [0.2, 0.25) is 6.79 Å². The highest BCUT2D eigenvalue weighted by molar-refractivity contribution is 5.65. The molecule has 0 aliphatic carbocycles. The first-order valence-electron chi connectivity index (χ1n) is 4.80. The fourth-order valence-corrected chi connectivity index (χ4v) is 1.08. The highest BCUT2D eigenvalue weighted by Gasteiger charge is 1.93. The van der Waals surface area contributed by atoms with E-state index in [1.807, 2.05) is 24.3 Å². The minimum Gasteiger partial charge on any atom is -0.458 e. The Bertz CT molecular complexity index is 488. The van der Waals surface area contributed by atoms with Crippen LogP contribution in [0, 0.1) is 0 Å². The first kappa shape index (κ1) is 12.0. The van der Waals surface area contributed by atoms with Gasteiger partial charge in [-0.25, -0.2) is 0 Å². The molecule has 0 saturated heterocycles. The van der Waals surface area contributed by atoms with Gasteiger partial charge in [-0.2, -0.15) is 0 Å². The Morgan fingerprint density at radius 3 is 2.69 bits per heavy atom. The smallest absolute Gasteiger partial charge is 0.305 e. The third-order valence-electron chi connectivity index (χ3n) is 1.88. The lowest BCUT2D eigenvalue weighted by Crippen LogP contribution is -2.22. The molecule has 3 nitrogen and oxygen atoms in total. The molecule has 0 N–H and O–H groups in total. The standard InChI is InChI=1S/C13H14O3/c1-10-6-4-5-7-13(10)8-11(2)15-9-16-12(3)14/h4-8H,1-2,9H2,3H3/b13-8-. The second-order valence-corrected chi connectivity index (χ2v) is 3.21. The Morgan fingerprint density at radius 2 is 2.06 bits per heavy atom. The van der Waals surface area contributed by atoms with Crippen LogP contribution in [0.2, 0.25) is 0 Å². The van der Waals surface area contributed by atoms with E-state index < -0.39 is 0 Å². The number of hydrogen-bond acceptors (Lipinski definition) is 3. The maximum absolute atomic E-state index is 10.5. The van der Waals surface area contributed by atoms with E-state index in [0.717, 1.165) is 10.4 Å². The van der Waals surface area contributed by atoms with Crippen molar-refractivity contribution in [1.82, 2.24) is 0 Å². The fourth-order valence-electron chi connectivity index (χ4n) is 1.08. The van der Waals surface area contributed by atoms with Crippen molar-refractivity contribution >= 4 is 18.6 Å². The summed E-state index contributed by atoms with van der Waals surface area (Å²) in [5, 5.41) is 1.81. The minimum absolute atomic E-state index is 0.121. The molecule has 1 aromatic carbocycles. The van der Waals surface area contributed by atoms with E-state index in [1.54, 1.807) is 6.08 Å². The van der Waals surface area contributed by atoms with Crippen LogP contribution in [0.3, 0.4) is 0 Å². The van der Waals surface area contributed by atoms with Crippen LogP contribution in [0.15, 0.2) is 36.6 Å². The average Bonchev–Trinajstić information content (AvgIpc) is 2.21. The zero-order chi connectivity index (χ0) is 12.0. The van der Waals surface area contributed by atoms with Gasteiger partial charge < -0.3 is 9.47 Å². The van der Waals surface area contributed by atoms with Gasteiger partial charge in [-0.05, 0) is 16.5 Å². The SMILES string of the molecule is C=C(/C=c1/ccccc1=C)OCOC(C)=O. The van der Waals surface area contributed by atoms with Crippen molar-refractivity contribution in [2.45, 2.75) is 6.92 Å². The third kappa shape index (κ3) is 4.00. The second-order valence-electron chi connectivity index (χ2n) is 3.21. The maximum Gasteiger partial charge on any atom is 0.305 e. The number of carbonyl (C=O) groups is 1. The van der Waals surface area contributed by atoms with Crippen LogP contribution in [0.1, 0.15) is 6.92 Å². The van der Waals surface area contributed by atoms with E-state index in [9.17, 15) is 4.79 Å². The Labute approximate surface area is 94.3 Å². The second kappa shape index (κ2) is 5.75. The molecule has 0 bridgehead atoms. The number of allylic oxidation sites excluding steroid dienone is 1. The quantitative estimate of drug-likeness (QED) is 0.428. The van der Waals surface area contributed by atoms with Gasteiger partial charge >= 0.3 is 5.97 Å². The monoisotopic (exact) mass is 218 g/mol. The predicted octanol–water partition coefficient (Wildman–Crippen LogP) is 0.928. The van der Waals surface area contributed by atoms with Crippen LogP contribution in [0.25, 0.3) is 12.7 Å². The third-order valence-corrected chi connectivity index (χ3v) is 1.88. The molecule has 0 aromatic heterocycles. The van der Waals surface area contributed by atoms with Crippen LogP contribution in [0.4, 0.5) is 0 Å². The van der Waals surface area contributed by atoms with Crippen LogP contribution in [-0.2, 0) is 14.3 Å². The van der Waals surface area contributed by atoms with E-state index in [-0.39, 0.29) is 12.8 Å². The molecular weight excluding hydrogens is 204 g/mol. The van der Waals surface area contributed by atoms with Gasteiger partial charge in [0.1, 0.15) is 5.76 Å². The summed E-state index contributed by atoms with van der Waals surface area (Å²) in [4.78, 5) is 10.5. The van der Waals surface area contributed by atoms with Gasteiger partial charge in [0, 0.05) is 6.92 Å². The van der Waals surface area contributed by atoms with Gasteiger partial charge in [0.25, 0.3) is 0 Å². The molecule has 0 atom stereocenters. The molecule has 0 fully saturated rings. The summed E-state index contributed by atoms with van der Waals surface area (Å²) < 4.78 is 9.71. The van der Waals surface area contributed by atoms with E-state index in [0.29, 0.717) is 5.76 Å². The highest BCUT2D eigenvalue weighted by Crippen LogP contribution is 1.94. The summed E-state index contributed by atoms with van der Waals surface area (Å²) in [6, 6.07) is 7.61. The van der Waals surface area contributed by atoms with Crippen molar-refractivity contribution in [1.29, 1.82) is 0 Å². The lowest BCUT2D eigenvalue weighted by molar-refractivity contribution is -0.149. The first-order valence-corrected chi connectivity index (χ1v) is 4.80. The molecule has 0 aliphatic rings. The molecular formula is C13H14O3. The molecule has 1 rings (SSSR count). The molecule has 0 amide bonds. The molecule has 1 aromatic rings. The average molecular weight is 218 g/mol. The fraction of sp³-hybridized carbons (Fsp3) is 0.154. The molecule has 16 heavy (non-hydrogen) atoms. The molecule has 84 valence electrons. The summed E-state index contributed by atoms with van der Waals surface area (Å²) in [5.41, 5.74) is 0. The molecule has 0 saturated carbocycles. The van der Waals surface area contributed by atoms with E-state index in [4.69, 9.17) is 4.74 Å². The number of ether oxygens (including phenoxy) is 2. The van der Waals surface area contributed by atoms with Gasteiger partial charge in [-0.3, -0.25) is 4.79 Å². The number of rotatable bonds is 4. The summed E-state index contributed by atoms with van der Waals surface area (Å²) in [6.07, 6.45) is 1.74. The summed E-state index contributed by atoms with van der Waals surface area (Å²) in [6.45, 7) is 8.76. The van der Waals surface area contributed by atoms with Crippen molar-refractivity contribution in [3.8, 4) is 0 Å². The summed E-state index contributed by atoms with van der Waals surface area (Å²) in [7, 11) is 0.